The first-order valence-corrected chi connectivity index (χ1v) is 5.09. The molecule has 0 aliphatic carbocycles. The Morgan fingerprint density at radius 2 is 2.00 bits per heavy atom. The largest absolute Gasteiger partial charge is 0.478 e. The molecule has 0 aromatic carbocycles. The second-order valence-electron chi connectivity index (χ2n) is 4.07. The van der Waals surface area contributed by atoms with Gasteiger partial charge in [-0.2, -0.15) is 0 Å². The van der Waals surface area contributed by atoms with Crippen LogP contribution in [-0.4, -0.2) is 54.5 Å². The summed E-state index contributed by atoms with van der Waals surface area (Å²) in [6.07, 6.45) is 1.19. The van der Waals surface area contributed by atoms with Crippen molar-refractivity contribution in [3.05, 3.63) is 23.7 Å². The molecular formula is C11H16N2O4. The molecule has 0 bridgehead atoms. The van der Waals surface area contributed by atoms with Gasteiger partial charge in [-0.3, -0.25) is 9.69 Å². The maximum atomic E-state index is 11.4. The van der Waals surface area contributed by atoms with Gasteiger partial charge in [-0.15, -0.1) is 0 Å². The smallest absolute Gasteiger partial charge is 0.338 e. The molecule has 17 heavy (non-hydrogen) atoms. The third kappa shape index (κ3) is 3.92. The van der Waals surface area contributed by atoms with Crippen molar-refractivity contribution >= 4 is 11.9 Å². The van der Waals surface area contributed by atoms with Crippen LogP contribution < -0.4 is 0 Å². The molecule has 6 heteroatoms. The minimum atomic E-state index is -1.02. The van der Waals surface area contributed by atoms with Gasteiger partial charge in [-0.25, -0.2) is 4.79 Å². The maximum absolute atomic E-state index is 11.4. The molecule has 1 N–H and O–H groups in total. The van der Waals surface area contributed by atoms with Crippen LogP contribution in [0.5, 0.6) is 0 Å². The molecule has 1 amide bonds. The Kier molecular flexibility index (Phi) is 4.28. The van der Waals surface area contributed by atoms with Crippen molar-refractivity contribution in [1.82, 2.24) is 9.80 Å². The number of amides is 1. The van der Waals surface area contributed by atoms with E-state index in [-0.39, 0.29) is 18.0 Å². The summed E-state index contributed by atoms with van der Waals surface area (Å²) >= 11 is 0. The van der Waals surface area contributed by atoms with Crippen LogP contribution in [0.15, 0.2) is 16.7 Å². The topological polar surface area (TPSA) is 74.0 Å². The van der Waals surface area contributed by atoms with Crippen molar-refractivity contribution in [2.75, 3.05) is 27.7 Å². The molecule has 0 unspecified atom stereocenters. The molecule has 1 aromatic rings. The van der Waals surface area contributed by atoms with Gasteiger partial charge in [-0.05, 0) is 13.1 Å². The average Bonchev–Trinajstić information content (AvgIpc) is 2.65. The number of hydrogen-bond acceptors (Lipinski definition) is 4. The van der Waals surface area contributed by atoms with E-state index in [9.17, 15) is 9.59 Å². The molecule has 1 aromatic heterocycles. The summed E-state index contributed by atoms with van der Waals surface area (Å²) in [6.45, 7) is 0.656. The van der Waals surface area contributed by atoms with Gasteiger partial charge in [0, 0.05) is 14.1 Å². The molecule has 0 spiro atoms. The van der Waals surface area contributed by atoms with Gasteiger partial charge >= 0.3 is 5.97 Å². The van der Waals surface area contributed by atoms with Crippen LogP contribution in [-0.2, 0) is 11.3 Å². The molecule has 0 saturated heterocycles. The van der Waals surface area contributed by atoms with Crippen LogP contribution in [0, 0.1) is 0 Å². The van der Waals surface area contributed by atoms with Gasteiger partial charge in [-0.1, -0.05) is 0 Å². The number of rotatable bonds is 5. The molecule has 0 aliphatic rings. The SMILES string of the molecule is CN(CC(=O)N(C)C)Cc1cc(C(=O)O)co1. The summed E-state index contributed by atoms with van der Waals surface area (Å²) in [6, 6.07) is 1.46. The quantitative estimate of drug-likeness (QED) is 0.811. The Morgan fingerprint density at radius 1 is 1.35 bits per heavy atom. The summed E-state index contributed by atoms with van der Waals surface area (Å²) in [5, 5.41) is 8.72. The molecular weight excluding hydrogens is 224 g/mol. The highest BCUT2D eigenvalue weighted by molar-refractivity contribution is 5.87. The van der Waals surface area contributed by atoms with E-state index in [2.05, 4.69) is 0 Å². The van der Waals surface area contributed by atoms with E-state index in [0.717, 1.165) is 0 Å². The summed E-state index contributed by atoms with van der Waals surface area (Å²) in [7, 11) is 5.14. The van der Waals surface area contributed by atoms with Gasteiger partial charge in [0.2, 0.25) is 5.91 Å². The van der Waals surface area contributed by atoms with Crippen LogP contribution in [0.3, 0.4) is 0 Å². The predicted molar refractivity (Wildman–Crippen MR) is 60.7 cm³/mol. The zero-order valence-corrected chi connectivity index (χ0v) is 10.1. The third-order valence-electron chi connectivity index (χ3n) is 2.23. The van der Waals surface area contributed by atoms with E-state index in [1.54, 1.807) is 26.0 Å². The Morgan fingerprint density at radius 3 is 2.47 bits per heavy atom. The zero-order valence-electron chi connectivity index (χ0n) is 10.1. The first kappa shape index (κ1) is 13.2. The van der Waals surface area contributed by atoms with Crippen LogP contribution in [0.1, 0.15) is 16.1 Å². The first-order valence-electron chi connectivity index (χ1n) is 5.09. The Bertz CT molecular complexity index is 411. The summed E-state index contributed by atoms with van der Waals surface area (Å²) in [5.41, 5.74) is 0.118. The van der Waals surface area contributed by atoms with Crippen LogP contribution in [0.4, 0.5) is 0 Å². The number of hydrogen-bond donors (Lipinski definition) is 1. The molecule has 94 valence electrons. The van der Waals surface area contributed by atoms with Gasteiger partial charge in [0.05, 0.1) is 18.7 Å². The van der Waals surface area contributed by atoms with E-state index in [1.807, 2.05) is 0 Å². The summed E-state index contributed by atoms with van der Waals surface area (Å²) in [5.74, 6) is -0.513. The molecule has 6 nitrogen and oxygen atoms in total. The fourth-order valence-electron chi connectivity index (χ4n) is 1.27. The Balaban J connectivity index is 2.53. The Hall–Kier alpha value is -1.82. The van der Waals surface area contributed by atoms with E-state index < -0.39 is 5.97 Å². The molecule has 0 fully saturated rings. The van der Waals surface area contributed by atoms with Gasteiger partial charge in [0.1, 0.15) is 12.0 Å². The second kappa shape index (κ2) is 5.49. The molecule has 0 saturated carbocycles. The highest BCUT2D eigenvalue weighted by atomic mass is 16.4. The first-order chi connectivity index (χ1) is 7.90. The fourth-order valence-corrected chi connectivity index (χ4v) is 1.27. The lowest BCUT2D eigenvalue weighted by Gasteiger charge is -2.17. The van der Waals surface area contributed by atoms with Crippen molar-refractivity contribution in [1.29, 1.82) is 0 Å². The van der Waals surface area contributed by atoms with Crippen molar-refractivity contribution in [3.63, 3.8) is 0 Å². The van der Waals surface area contributed by atoms with E-state index in [4.69, 9.17) is 9.52 Å². The normalized spacial score (nSPS) is 10.6. The number of carbonyl (C=O) groups excluding carboxylic acids is 1. The average molecular weight is 240 g/mol. The lowest BCUT2D eigenvalue weighted by molar-refractivity contribution is -0.129. The van der Waals surface area contributed by atoms with Crippen molar-refractivity contribution in [2.24, 2.45) is 0 Å². The molecule has 1 heterocycles. The van der Waals surface area contributed by atoms with Crippen molar-refractivity contribution in [3.8, 4) is 0 Å². The Labute approximate surface area is 99.4 Å². The van der Waals surface area contributed by atoms with E-state index >= 15 is 0 Å². The number of aromatic carboxylic acids is 1. The number of likely N-dealkylation sites (N-methyl/N-ethyl adjacent to an activating group) is 2. The van der Waals surface area contributed by atoms with Crippen molar-refractivity contribution < 1.29 is 19.1 Å². The number of carboxylic acid groups (broad SMARTS) is 1. The second-order valence-corrected chi connectivity index (χ2v) is 4.07. The highest BCUT2D eigenvalue weighted by Crippen LogP contribution is 2.09. The standard InChI is InChI=1S/C11H16N2O4/c1-12(2)10(14)6-13(3)5-9-4-8(7-17-9)11(15)16/h4,7H,5-6H2,1-3H3,(H,15,16). The van der Waals surface area contributed by atoms with Crippen LogP contribution in [0.2, 0.25) is 0 Å². The summed E-state index contributed by atoms with van der Waals surface area (Å²) in [4.78, 5) is 25.3. The summed E-state index contributed by atoms with van der Waals surface area (Å²) < 4.78 is 5.09. The highest BCUT2D eigenvalue weighted by Gasteiger charge is 2.12. The van der Waals surface area contributed by atoms with Crippen molar-refractivity contribution in [2.45, 2.75) is 6.54 Å². The predicted octanol–water partition coefficient (Wildman–Crippen LogP) is 0.498. The minimum Gasteiger partial charge on any atom is -0.478 e. The van der Waals surface area contributed by atoms with Gasteiger partial charge < -0.3 is 14.4 Å². The zero-order chi connectivity index (χ0) is 13.0. The van der Waals surface area contributed by atoms with Crippen LogP contribution in [0.25, 0.3) is 0 Å². The lowest BCUT2D eigenvalue weighted by atomic mass is 10.3. The molecule has 1 rings (SSSR count). The number of carboxylic acids is 1. The monoisotopic (exact) mass is 240 g/mol. The molecule has 0 atom stereocenters. The maximum Gasteiger partial charge on any atom is 0.338 e. The lowest BCUT2D eigenvalue weighted by Crippen LogP contribution is -2.33. The third-order valence-corrected chi connectivity index (χ3v) is 2.23. The molecule has 0 aliphatic heterocycles. The number of carbonyl (C=O) groups is 2. The van der Waals surface area contributed by atoms with E-state index in [0.29, 0.717) is 12.3 Å². The number of furan rings is 1. The van der Waals surface area contributed by atoms with E-state index in [1.165, 1.54) is 17.2 Å². The molecule has 0 radical (unpaired) electrons. The fraction of sp³-hybridized carbons (Fsp3) is 0.455. The van der Waals surface area contributed by atoms with Gasteiger partial charge in [0.15, 0.2) is 0 Å². The number of nitrogens with zero attached hydrogens (tertiary/aromatic N) is 2. The van der Waals surface area contributed by atoms with Crippen LogP contribution >= 0.6 is 0 Å². The van der Waals surface area contributed by atoms with Gasteiger partial charge in [0.25, 0.3) is 0 Å². The minimum absolute atomic E-state index is 0.0162.